The van der Waals surface area contributed by atoms with Crippen LogP contribution in [-0.4, -0.2) is 32.6 Å². The van der Waals surface area contributed by atoms with E-state index in [1.807, 2.05) is 0 Å². The van der Waals surface area contributed by atoms with Crippen LogP contribution in [0.1, 0.15) is 0 Å². The van der Waals surface area contributed by atoms with Crippen LogP contribution >= 0.6 is 0 Å². The summed E-state index contributed by atoms with van der Waals surface area (Å²) >= 11 is 0. The van der Waals surface area contributed by atoms with Crippen molar-refractivity contribution < 1.29 is 17.9 Å². The van der Waals surface area contributed by atoms with Crippen molar-refractivity contribution in [1.82, 2.24) is 9.97 Å². The normalized spacial score (nSPS) is 10.9. The highest BCUT2D eigenvalue weighted by molar-refractivity contribution is 7.92. The van der Waals surface area contributed by atoms with Crippen LogP contribution in [0.2, 0.25) is 0 Å². The molecule has 7 nitrogen and oxygen atoms in total. The standard InChI is InChI=1S/C12H13N3O4S/c1-18-11-8-10(13-12(14-11)19-2)15-20(16,17)9-6-4-3-5-7-9/h3-8H,1-2H3,(H,13,14,15). The minimum Gasteiger partial charge on any atom is -0.481 e. The van der Waals surface area contributed by atoms with Gasteiger partial charge in [0.2, 0.25) is 5.88 Å². The first kappa shape index (κ1) is 14.1. The minimum atomic E-state index is -3.71. The van der Waals surface area contributed by atoms with E-state index in [9.17, 15) is 8.42 Å². The first-order valence-corrected chi connectivity index (χ1v) is 7.08. The molecule has 106 valence electrons. The Kier molecular flexibility index (Phi) is 4.04. The van der Waals surface area contributed by atoms with Gasteiger partial charge in [0.15, 0.2) is 5.82 Å². The molecule has 0 amide bonds. The van der Waals surface area contributed by atoms with Gasteiger partial charge in [0.05, 0.1) is 19.1 Å². The van der Waals surface area contributed by atoms with Crippen LogP contribution in [0.25, 0.3) is 0 Å². The third-order valence-corrected chi connectivity index (χ3v) is 3.74. The fourth-order valence-electron chi connectivity index (χ4n) is 1.45. The summed E-state index contributed by atoms with van der Waals surface area (Å²) in [6.45, 7) is 0. The van der Waals surface area contributed by atoms with Gasteiger partial charge < -0.3 is 9.47 Å². The number of rotatable bonds is 5. The maximum Gasteiger partial charge on any atom is 0.321 e. The molecule has 0 saturated heterocycles. The molecule has 0 atom stereocenters. The van der Waals surface area contributed by atoms with Crippen molar-refractivity contribution in [2.24, 2.45) is 0 Å². The lowest BCUT2D eigenvalue weighted by molar-refractivity contribution is 0.353. The zero-order valence-electron chi connectivity index (χ0n) is 10.9. The number of methoxy groups -OCH3 is 2. The topological polar surface area (TPSA) is 90.4 Å². The van der Waals surface area contributed by atoms with E-state index in [4.69, 9.17) is 9.47 Å². The van der Waals surface area contributed by atoms with Crippen LogP contribution in [0.3, 0.4) is 0 Å². The molecule has 0 fully saturated rings. The molecule has 8 heteroatoms. The number of nitrogens with one attached hydrogen (secondary N) is 1. The lowest BCUT2D eigenvalue weighted by atomic mass is 10.4. The lowest BCUT2D eigenvalue weighted by Crippen LogP contribution is -2.14. The van der Waals surface area contributed by atoms with Crippen molar-refractivity contribution in [3.05, 3.63) is 36.4 Å². The van der Waals surface area contributed by atoms with Gasteiger partial charge in [-0.3, -0.25) is 4.72 Å². The molecule has 0 aliphatic heterocycles. The van der Waals surface area contributed by atoms with Crippen molar-refractivity contribution in [1.29, 1.82) is 0 Å². The Bertz CT molecular complexity index is 667. The number of anilines is 1. The maximum atomic E-state index is 12.1. The molecule has 0 saturated carbocycles. The van der Waals surface area contributed by atoms with Crippen molar-refractivity contribution in [3.8, 4) is 11.9 Å². The van der Waals surface area contributed by atoms with Crippen LogP contribution in [0, 0.1) is 0 Å². The molecule has 0 spiro atoms. The van der Waals surface area contributed by atoms with Gasteiger partial charge in [-0.15, -0.1) is 0 Å². The third-order valence-electron chi connectivity index (χ3n) is 2.37. The van der Waals surface area contributed by atoms with Gasteiger partial charge in [-0.2, -0.15) is 9.97 Å². The summed E-state index contributed by atoms with van der Waals surface area (Å²) in [4.78, 5) is 7.93. The number of aromatic nitrogens is 2. The van der Waals surface area contributed by atoms with Gasteiger partial charge in [0, 0.05) is 6.07 Å². The Morgan fingerprint density at radius 3 is 2.35 bits per heavy atom. The smallest absolute Gasteiger partial charge is 0.321 e. The van der Waals surface area contributed by atoms with Crippen molar-refractivity contribution in [3.63, 3.8) is 0 Å². The van der Waals surface area contributed by atoms with Gasteiger partial charge in [-0.25, -0.2) is 8.42 Å². The average molecular weight is 295 g/mol. The van der Waals surface area contributed by atoms with Crippen LogP contribution < -0.4 is 14.2 Å². The summed E-state index contributed by atoms with van der Waals surface area (Å²) in [6, 6.07) is 9.34. The molecule has 0 aliphatic rings. The largest absolute Gasteiger partial charge is 0.481 e. The molecule has 2 rings (SSSR count). The third kappa shape index (κ3) is 3.15. The predicted octanol–water partition coefficient (Wildman–Crippen LogP) is 1.29. The maximum absolute atomic E-state index is 12.1. The summed E-state index contributed by atoms with van der Waals surface area (Å²) in [5, 5.41) is 0. The van der Waals surface area contributed by atoms with Gasteiger partial charge in [0.25, 0.3) is 10.0 Å². The fraction of sp³-hybridized carbons (Fsp3) is 0.167. The molecule has 0 bridgehead atoms. The molecule has 0 unspecified atom stereocenters. The molecule has 0 aliphatic carbocycles. The van der Waals surface area contributed by atoms with E-state index in [2.05, 4.69) is 14.7 Å². The second-order valence-corrected chi connectivity index (χ2v) is 5.38. The number of hydrogen-bond donors (Lipinski definition) is 1. The Hall–Kier alpha value is -2.35. The molecule has 2 aromatic rings. The van der Waals surface area contributed by atoms with Crippen LogP contribution in [0.4, 0.5) is 5.82 Å². The number of benzene rings is 1. The van der Waals surface area contributed by atoms with Crippen LogP contribution in [0.5, 0.6) is 11.9 Å². The Morgan fingerprint density at radius 1 is 1.05 bits per heavy atom. The summed E-state index contributed by atoms with van der Waals surface area (Å²) in [7, 11) is -0.922. The molecule has 1 aromatic carbocycles. The van der Waals surface area contributed by atoms with Crippen molar-refractivity contribution in [2.45, 2.75) is 4.90 Å². The van der Waals surface area contributed by atoms with Gasteiger partial charge in [-0.1, -0.05) is 18.2 Å². The predicted molar refractivity (Wildman–Crippen MR) is 72.4 cm³/mol. The van der Waals surface area contributed by atoms with Gasteiger partial charge in [0.1, 0.15) is 0 Å². The molecular weight excluding hydrogens is 282 g/mol. The molecule has 20 heavy (non-hydrogen) atoms. The summed E-state index contributed by atoms with van der Waals surface area (Å²) < 4.78 is 36.5. The van der Waals surface area contributed by atoms with E-state index >= 15 is 0 Å². The molecule has 1 aromatic heterocycles. The molecule has 0 radical (unpaired) electrons. The minimum absolute atomic E-state index is 0.00936. The number of ether oxygens (including phenoxy) is 2. The molecule has 1 heterocycles. The molecule has 1 N–H and O–H groups in total. The zero-order valence-corrected chi connectivity index (χ0v) is 11.7. The van der Waals surface area contributed by atoms with E-state index in [0.29, 0.717) is 0 Å². The highest BCUT2D eigenvalue weighted by Crippen LogP contribution is 2.20. The Labute approximate surface area is 116 Å². The quantitative estimate of drug-likeness (QED) is 0.894. The zero-order chi connectivity index (χ0) is 14.6. The van der Waals surface area contributed by atoms with Crippen LogP contribution in [-0.2, 0) is 10.0 Å². The highest BCUT2D eigenvalue weighted by Gasteiger charge is 2.16. The average Bonchev–Trinajstić information content (AvgIpc) is 2.47. The number of sulfonamides is 1. The lowest BCUT2D eigenvalue weighted by Gasteiger charge is -2.09. The van der Waals surface area contributed by atoms with E-state index in [1.54, 1.807) is 18.2 Å². The SMILES string of the molecule is COc1cc(NS(=O)(=O)c2ccccc2)nc(OC)n1. The Morgan fingerprint density at radius 2 is 1.75 bits per heavy atom. The van der Waals surface area contributed by atoms with Crippen LogP contribution in [0.15, 0.2) is 41.3 Å². The summed E-state index contributed by atoms with van der Waals surface area (Å²) in [5.41, 5.74) is 0. The van der Waals surface area contributed by atoms with E-state index in [0.717, 1.165) is 0 Å². The Balaban J connectivity index is 2.34. The number of nitrogens with zero attached hydrogens (tertiary/aromatic N) is 2. The van der Waals surface area contributed by atoms with Crippen molar-refractivity contribution >= 4 is 15.8 Å². The number of hydrogen-bond acceptors (Lipinski definition) is 6. The summed E-state index contributed by atoms with van der Waals surface area (Å²) in [6.07, 6.45) is 0. The fourth-order valence-corrected chi connectivity index (χ4v) is 2.46. The van der Waals surface area contributed by atoms with Gasteiger partial charge in [-0.05, 0) is 12.1 Å². The summed E-state index contributed by atoms with van der Waals surface area (Å²) in [5.74, 6) is 0.264. The first-order chi connectivity index (χ1) is 9.55. The van der Waals surface area contributed by atoms with Gasteiger partial charge >= 0.3 is 6.01 Å². The second-order valence-electron chi connectivity index (χ2n) is 3.70. The van der Waals surface area contributed by atoms with Crippen molar-refractivity contribution in [2.75, 3.05) is 18.9 Å². The second kappa shape index (κ2) is 5.74. The van der Waals surface area contributed by atoms with E-state index in [-0.39, 0.29) is 22.6 Å². The highest BCUT2D eigenvalue weighted by atomic mass is 32.2. The monoisotopic (exact) mass is 295 g/mol. The molecular formula is C12H13N3O4S. The van der Waals surface area contributed by atoms with E-state index in [1.165, 1.54) is 32.4 Å². The van der Waals surface area contributed by atoms with E-state index < -0.39 is 10.0 Å². The first-order valence-electron chi connectivity index (χ1n) is 5.60.